The zero-order chi connectivity index (χ0) is 27.9. The number of ether oxygens (including phenoxy) is 1. The van der Waals surface area contributed by atoms with Crippen LogP contribution in [-0.2, 0) is 0 Å². The average Bonchev–Trinajstić information content (AvgIpc) is 3.42. The third-order valence-corrected chi connectivity index (χ3v) is 6.07. The predicted molar refractivity (Wildman–Crippen MR) is 153 cm³/mol. The standard InChI is InChI=1S/C26H21N9O4S/c1-39-20-12-10-17(11-13-20)27-22-30-23(33-25(36)28-18-8-5-9-19(14-18)35(37)38)32-24(31-22)34-26-29-21(15-40-26)16-6-3-2-4-7-16/h2-15H,1H3,(H4,27,28,29,30,31,32,33,34,36). The first kappa shape index (κ1) is 26.0. The highest BCUT2D eigenvalue weighted by atomic mass is 32.1. The van der Waals surface area contributed by atoms with Gasteiger partial charge in [-0.3, -0.25) is 20.7 Å². The Morgan fingerprint density at radius 3 is 2.27 bits per heavy atom. The van der Waals surface area contributed by atoms with Crippen molar-refractivity contribution in [3.63, 3.8) is 0 Å². The molecule has 0 aliphatic rings. The molecule has 0 aliphatic heterocycles. The highest BCUT2D eigenvalue weighted by Crippen LogP contribution is 2.27. The zero-order valence-corrected chi connectivity index (χ0v) is 21.7. The van der Waals surface area contributed by atoms with Crippen molar-refractivity contribution in [1.82, 2.24) is 19.9 Å². The molecule has 200 valence electrons. The molecule has 0 radical (unpaired) electrons. The molecule has 0 spiro atoms. The number of nitrogens with one attached hydrogen (secondary N) is 4. The lowest BCUT2D eigenvalue weighted by Gasteiger charge is -2.11. The summed E-state index contributed by atoms with van der Waals surface area (Å²) < 4.78 is 5.19. The van der Waals surface area contributed by atoms with Crippen LogP contribution in [0.4, 0.5) is 44.8 Å². The van der Waals surface area contributed by atoms with Crippen molar-refractivity contribution < 1.29 is 14.5 Å². The van der Waals surface area contributed by atoms with Gasteiger partial charge in [0.05, 0.1) is 17.7 Å². The molecule has 0 bridgehead atoms. The number of methoxy groups -OCH3 is 1. The molecule has 0 saturated carbocycles. The molecule has 0 aliphatic carbocycles. The first-order valence-corrected chi connectivity index (χ1v) is 12.6. The Morgan fingerprint density at radius 1 is 0.825 bits per heavy atom. The summed E-state index contributed by atoms with van der Waals surface area (Å²) in [6, 6.07) is 21.7. The lowest BCUT2D eigenvalue weighted by Crippen LogP contribution is -2.21. The molecule has 5 aromatic rings. The SMILES string of the molecule is COc1ccc(Nc2nc(NC(=O)Nc3cccc([N+](=O)[O-])c3)nc(Nc3nc(-c4ccccc4)cs3)n2)cc1. The summed E-state index contributed by atoms with van der Waals surface area (Å²) in [5, 5.41) is 24.7. The van der Waals surface area contributed by atoms with Gasteiger partial charge < -0.3 is 15.4 Å². The summed E-state index contributed by atoms with van der Waals surface area (Å²) in [6.07, 6.45) is 0. The van der Waals surface area contributed by atoms with E-state index in [1.54, 1.807) is 31.4 Å². The third kappa shape index (κ3) is 6.62. The minimum atomic E-state index is -0.700. The van der Waals surface area contributed by atoms with Gasteiger partial charge in [0.2, 0.25) is 17.8 Å². The maximum absolute atomic E-state index is 12.7. The zero-order valence-electron chi connectivity index (χ0n) is 20.9. The van der Waals surface area contributed by atoms with Crippen LogP contribution >= 0.6 is 11.3 Å². The Hall–Kier alpha value is -5.63. The van der Waals surface area contributed by atoms with Gasteiger partial charge in [0.25, 0.3) is 5.69 Å². The lowest BCUT2D eigenvalue weighted by molar-refractivity contribution is -0.384. The second-order valence-corrected chi connectivity index (χ2v) is 8.93. The number of hydrogen-bond acceptors (Lipinski definition) is 11. The number of non-ortho nitro benzene ring substituents is 1. The monoisotopic (exact) mass is 555 g/mol. The number of rotatable bonds is 9. The Balaban J connectivity index is 1.38. The molecular weight excluding hydrogens is 534 g/mol. The molecule has 5 rings (SSSR count). The van der Waals surface area contributed by atoms with Crippen molar-refractivity contribution in [2.45, 2.75) is 0 Å². The smallest absolute Gasteiger partial charge is 0.326 e. The van der Waals surface area contributed by atoms with Crippen LogP contribution in [0.2, 0.25) is 0 Å². The number of benzene rings is 3. The van der Waals surface area contributed by atoms with E-state index in [0.717, 1.165) is 11.3 Å². The number of aromatic nitrogens is 4. The minimum Gasteiger partial charge on any atom is -0.497 e. The van der Waals surface area contributed by atoms with Crippen LogP contribution in [0.25, 0.3) is 11.3 Å². The second kappa shape index (κ2) is 11.8. The quantitative estimate of drug-likeness (QED) is 0.124. The number of anilines is 6. The molecule has 40 heavy (non-hydrogen) atoms. The summed E-state index contributed by atoms with van der Waals surface area (Å²) in [7, 11) is 1.57. The van der Waals surface area contributed by atoms with Crippen LogP contribution in [0.1, 0.15) is 0 Å². The fourth-order valence-electron chi connectivity index (χ4n) is 3.48. The molecule has 13 nitrogen and oxygen atoms in total. The van der Waals surface area contributed by atoms with Crippen LogP contribution in [0.5, 0.6) is 5.75 Å². The largest absolute Gasteiger partial charge is 0.497 e. The maximum atomic E-state index is 12.7. The summed E-state index contributed by atoms with van der Waals surface area (Å²) in [5.74, 6) is 0.886. The molecule has 2 heterocycles. The van der Waals surface area contributed by atoms with Gasteiger partial charge in [-0.1, -0.05) is 36.4 Å². The first-order chi connectivity index (χ1) is 19.4. The summed E-state index contributed by atoms with van der Waals surface area (Å²) in [5.41, 5.74) is 2.49. The van der Waals surface area contributed by atoms with Gasteiger partial charge in [-0.15, -0.1) is 11.3 Å². The van der Waals surface area contributed by atoms with E-state index >= 15 is 0 Å². The lowest BCUT2D eigenvalue weighted by atomic mass is 10.2. The van der Waals surface area contributed by atoms with E-state index in [9.17, 15) is 14.9 Å². The molecule has 0 fully saturated rings. The number of nitro benzene ring substituents is 1. The average molecular weight is 556 g/mol. The molecule has 0 saturated heterocycles. The Labute approximate surface area is 231 Å². The number of nitrogens with zero attached hydrogens (tertiary/aromatic N) is 5. The van der Waals surface area contributed by atoms with E-state index < -0.39 is 11.0 Å². The van der Waals surface area contributed by atoms with Gasteiger partial charge in [0.1, 0.15) is 5.75 Å². The van der Waals surface area contributed by atoms with Gasteiger partial charge in [-0.2, -0.15) is 15.0 Å². The van der Waals surface area contributed by atoms with Crippen LogP contribution in [0.15, 0.2) is 84.2 Å². The van der Waals surface area contributed by atoms with Crippen LogP contribution in [-0.4, -0.2) is 38.0 Å². The number of hydrogen-bond donors (Lipinski definition) is 4. The molecule has 14 heteroatoms. The molecule has 2 aromatic heterocycles. The Bertz CT molecular complexity index is 1650. The molecule has 4 N–H and O–H groups in total. The maximum Gasteiger partial charge on any atom is 0.326 e. The van der Waals surface area contributed by atoms with Crippen molar-refractivity contribution in [3.8, 4) is 17.0 Å². The van der Waals surface area contributed by atoms with Gasteiger partial charge in [-0.25, -0.2) is 9.78 Å². The van der Waals surface area contributed by atoms with E-state index in [1.165, 1.54) is 35.6 Å². The number of carbonyl (C=O) groups is 1. The minimum absolute atomic E-state index is 0.0729. The van der Waals surface area contributed by atoms with Gasteiger partial charge >= 0.3 is 6.03 Å². The molecule has 2 amide bonds. The van der Waals surface area contributed by atoms with Crippen molar-refractivity contribution in [3.05, 3.63) is 94.4 Å². The van der Waals surface area contributed by atoms with Crippen LogP contribution in [0, 0.1) is 10.1 Å². The second-order valence-electron chi connectivity index (χ2n) is 8.08. The van der Waals surface area contributed by atoms with E-state index in [-0.39, 0.29) is 29.2 Å². The van der Waals surface area contributed by atoms with Crippen molar-refractivity contribution in [2.75, 3.05) is 28.4 Å². The molecule has 3 aromatic carbocycles. The normalized spacial score (nSPS) is 10.4. The summed E-state index contributed by atoms with van der Waals surface area (Å²) >= 11 is 1.37. The number of amides is 2. The molecule has 0 unspecified atom stereocenters. The topological polar surface area (TPSA) is 169 Å². The van der Waals surface area contributed by atoms with E-state index in [4.69, 9.17) is 4.74 Å². The van der Waals surface area contributed by atoms with Crippen molar-refractivity contribution in [2.24, 2.45) is 0 Å². The fourth-order valence-corrected chi connectivity index (χ4v) is 4.19. The summed E-state index contributed by atoms with van der Waals surface area (Å²) in [4.78, 5) is 40.8. The van der Waals surface area contributed by atoms with Gasteiger partial charge in [0, 0.05) is 34.5 Å². The predicted octanol–water partition coefficient (Wildman–Crippen LogP) is 6.04. The molecule has 0 atom stereocenters. The number of carbonyl (C=O) groups excluding carboxylic acids is 1. The van der Waals surface area contributed by atoms with Crippen molar-refractivity contribution in [1.29, 1.82) is 0 Å². The van der Waals surface area contributed by atoms with Crippen LogP contribution < -0.4 is 26.0 Å². The van der Waals surface area contributed by atoms with Crippen LogP contribution in [0.3, 0.4) is 0 Å². The number of nitro groups is 1. The summed E-state index contributed by atoms with van der Waals surface area (Å²) in [6.45, 7) is 0. The number of urea groups is 1. The van der Waals surface area contributed by atoms with E-state index in [0.29, 0.717) is 16.6 Å². The third-order valence-electron chi connectivity index (χ3n) is 5.31. The highest BCUT2D eigenvalue weighted by molar-refractivity contribution is 7.14. The van der Waals surface area contributed by atoms with Gasteiger partial charge in [-0.05, 0) is 30.3 Å². The first-order valence-electron chi connectivity index (χ1n) is 11.7. The Kier molecular flexibility index (Phi) is 7.69. The highest BCUT2D eigenvalue weighted by Gasteiger charge is 2.14. The van der Waals surface area contributed by atoms with E-state index in [1.807, 2.05) is 35.7 Å². The van der Waals surface area contributed by atoms with Gasteiger partial charge in [0.15, 0.2) is 5.13 Å². The fraction of sp³-hybridized carbons (Fsp3) is 0.0385. The Morgan fingerprint density at radius 2 is 1.55 bits per heavy atom. The number of thiazole rings is 1. The van der Waals surface area contributed by atoms with E-state index in [2.05, 4.69) is 41.2 Å². The van der Waals surface area contributed by atoms with Crippen molar-refractivity contribution >= 4 is 57.4 Å². The molecular formula is C26H21N9O4S.